The van der Waals surface area contributed by atoms with E-state index in [0.717, 1.165) is 5.56 Å². The number of alkyl halides is 3. The predicted octanol–water partition coefficient (Wildman–Crippen LogP) is 4.27. The van der Waals surface area contributed by atoms with Crippen LogP contribution in [0.1, 0.15) is 30.9 Å². The van der Waals surface area contributed by atoms with Gasteiger partial charge in [0.1, 0.15) is 0 Å². The second-order valence-corrected chi connectivity index (χ2v) is 7.07. The standard InChI is InChI=1S/C16H18F3N3S/c1-20-22-14(11-5-3-2-4-6-11)7-13(17)15(22)21-10-23-12-8-16(18,19)9-12/h2-6,12-14H,1,7-10H2/b21-15-. The first-order valence-corrected chi connectivity index (χ1v) is 8.54. The van der Waals surface area contributed by atoms with E-state index in [4.69, 9.17) is 0 Å². The van der Waals surface area contributed by atoms with Crippen molar-refractivity contribution < 1.29 is 13.2 Å². The van der Waals surface area contributed by atoms with Crippen molar-refractivity contribution in [1.29, 1.82) is 0 Å². The Balaban J connectivity index is 1.64. The molecule has 0 N–H and O–H groups in total. The molecule has 0 spiro atoms. The molecule has 1 aliphatic carbocycles. The number of aliphatic imine (C=N–C) groups is 1. The highest BCUT2D eigenvalue weighted by molar-refractivity contribution is 7.99. The van der Waals surface area contributed by atoms with Gasteiger partial charge in [-0.3, -0.25) is 4.99 Å². The first-order valence-electron chi connectivity index (χ1n) is 7.49. The van der Waals surface area contributed by atoms with Crippen LogP contribution >= 0.6 is 11.8 Å². The fourth-order valence-electron chi connectivity index (χ4n) is 2.93. The third-order valence-electron chi connectivity index (χ3n) is 4.17. The number of benzene rings is 1. The summed E-state index contributed by atoms with van der Waals surface area (Å²) in [6, 6.07) is 9.31. The summed E-state index contributed by atoms with van der Waals surface area (Å²) < 4.78 is 39.9. The lowest BCUT2D eigenvalue weighted by Crippen LogP contribution is -2.37. The van der Waals surface area contributed by atoms with Crippen LogP contribution in [0.2, 0.25) is 0 Å². The van der Waals surface area contributed by atoms with Crippen LogP contribution in [0.15, 0.2) is 40.4 Å². The molecule has 0 amide bonds. The van der Waals surface area contributed by atoms with Crippen LogP contribution in [0.5, 0.6) is 0 Å². The van der Waals surface area contributed by atoms with Crippen molar-refractivity contribution in [3.63, 3.8) is 0 Å². The number of halogens is 3. The highest BCUT2D eigenvalue weighted by Gasteiger charge is 2.45. The minimum absolute atomic E-state index is 0.0936. The molecule has 124 valence electrons. The summed E-state index contributed by atoms with van der Waals surface area (Å²) in [5.41, 5.74) is 0.957. The maximum Gasteiger partial charge on any atom is 0.250 e. The monoisotopic (exact) mass is 341 g/mol. The summed E-state index contributed by atoms with van der Waals surface area (Å²) in [7, 11) is 0. The van der Waals surface area contributed by atoms with Crippen molar-refractivity contribution >= 4 is 24.3 Å². The molecule has 3 nitrogen and oxygen atoms in total. The van der Waals surface area contributed by atoms with Crippen LogP contribution in [0, 0.1) is 0 Å². The van der Waals surface area contributed by atoms with Gasteiger partial charge in [-0.25, -0.2) is 18.2 Å². The minimum Gasteiger partial charge on any atom is -0.257 e. The van der Waals surface area contributed by atoms with E-state index in [2.05, 4.69) is 16.8 Å². The molecule has 1 aliphatic heterocycles. The molecule has 0 aromatic heterocycles. The molecular formula is C16H18F3N3S. The Morgan fingerprint density at radius 3 is 2.57 bits per heavy atom. The van der Waals surface area contributed by atoms with Crippen LogP contribution < -0.4 is 0 Å². The molecule has 1 saturated heterocycles. The zero-order valence-corrected chi connectivity index (χ0v) is 13.4. The minimum atomic E-state index is -2.53. The lowest BCUT2D eigenvalue weighted by atomic mass is 9.94. The Morgan fingerprint density at radius 2 is 1.96 bits per heavy atom. The van der Waals surface area contributed by atoms with E-state index in [1.807, 2.05) is 30.3 Å². The summed E-state index contributed by atoms with van der Waals surface area (Å²) in [4.78, 5) is 4.25. The average Bonchev–Trinajstić information content (AvgIpc) is 2.82. The number of hydrogen-bond donors (Lipinski definition) is 0. The predicted molar refractivity (Wildman–Crippen MR) is 87.9 cm³/mol. The van der Waals surface area contributed by atoms with Crippen LogP contribution in [0.25, 0.3) is 0 Å². The second-order valence-electron chi connectivity index (χ2n) is 5.81. The number of hydrazone groups is 1. The van der Waals surface area contributed by atoms with Crippen LogP contribution in [-0.2, 0) is 0 Å². The fraction of sp³-hybridized carbons (Fsp3) is 0.500. The van der Waals surface area contributed by atoms with Gasteiger partial charge in [0.15, 0.2) is 12.0 Å². The Hall–Kier alpha value is -1.50. The summed E-state index contributed by atoms with van der Waals surface area (Å²) in [6.07, 6.45) is -1.17. The maximum absolute atomic E-state index is 14.3. The normalized spacial score (nSPS) is 28.8. The van der Waals surface area contributed by atoms with Crippen LogP contribution in [0.4, 0.5) is 13.2 Å². The number of nitrogens with zero attached hydrogens (tertiary/aromatic N) is 3. The van der Waals surface area contributed by atoms with Crippen molar-refractivity contribution in [2.75, 3.05) is 5.88 Å². The van der Waals surface area contributed by atoms with Crippen molar-refractivity contribution in [2.45, 2.75) is 42.6 Å². The van der Waals surface area contributed by atoms with E-state index in [9.17, 15) is 13.2 Å². The van der Waals surface area contributed by atoms with Gasteiger partial charge < -0.3 is 0 Å². The quantitative estimate of drug-likeness (QED) is 0.748. The van der Waals surface area contributed by atoms with Gasteiger partial charge in [0, 0.05) is 31.2 Å². The summed E-state index contributed by atoms with van der Waals surface area (Å²) in [5.74, 6) is -2.02. The molecular weight excluding hydrogens is 323 g/mol. The SMILES string of the molecule is C=NN1/C(=N\CSC2CC(F)(F)C2)C(F)CC1c1ccccc1. The average molecular weight is 341 g/mol. The highest BCUT2D eigenvalue weighted by atomic mass is 32.2. The summed E-state index contributed by atoms with van der Waals surface area (Å²) >= 11 is 1.34. The Labute approximate surface area is 137 Å². The molecule has 7 heteroatoms. The third-order valence-corrected chi connectivity index (χ3v) is 5.25. The molecule has 23 heavy (non-hydrogen) atoms. The Morgan fingerprint density at radius 1 is 1.26 bits per heavy atom. The highest BCUT2D eigenvalue weighted by Crippen LogP contribution is 2.44. The van der Waals surface area contributed by atoms with E-state index in [0.29, 0.717) is 0 Å². The van der Waals surface area contributed by atoms with Crippen LogP contribution in [-0.4, -0.2) is 40.8 Å². The topological polar surface area (TPSA) is 28.0 Å². The number of thioether (sulfide) groups is 1. The summed E-state index contributed by atoms with van der Waals surface area (Å²) in [5, 5.41) is 5.33. The lowest BCUT2D eigenvalue weighted by molar-refractivity contribution is -0.0666. The van der Waals surface area contributed by atoms with E-state index in [1.165, 1.54) is 16.8 Å². The second kappa shape index (κ2) is 6.55. The van der Waals surface area contributed by atoms with E-state index < -0.39 is 12.1 Å². The van der Waals surface area contributed by atoms with Gasteiger partial charge in [0.25, 0.3) is 0 Å². The van der Waals surface area contributed by atoms with E-state index in [1.54, 1.807) is 0 Å². The van der Waals surface area contributed by atoms with E-state index >= 15 is 0 Å². The van der Waals surface area contributed by atoms with Gasteiger partial charge >= 0.3 is 0 Å². The van der Waals surface area contributed by atoms with Gasteiger partial charge in [0.2, 0.25) is 5.92 Å². The van der Waals surface area contributed by atoms with Crippen molar-refractivity contribution in [3.05, 3.63) is 35.9 Å². The largest absolute Gasteiger partial charge is 0.257 e. The molecule has 2 fully saturated rings. The third kappa shape index (κ3) is 3.54. The van der Waals surface area contributed by atoms with Crippen LogP contribution in [0.3, 0.4) is 0 Å². The van der Waals surface area contributed by atoms with Crippen molar-refractivity contribution in [3.8, 4) is 0 Å². The number of hydrogen-bond acceptors (Lipinski definition) is 3. The molecule has 1 heterocycles. The summed E-state index contributed by atoms with van der Waals surface area (Å²) in [6.45, 7) is 3.52. The zero-order valence-electron chi connectivity index (χ0n) is 12.5. The molecule has 1 aromatic carbocycles. The molecule has 2 unspecified atom stereocenters. The molecule has 2 aliphatic rings. The van der Waals surface area contributed by atoms with Crippen molar-refractivity contribution in [1.82, 2.24) is 5.01 Å². The first-order chi connectivity index (χ1) is 11.0. The molecule has 0 bridgehead atoms. The first kappa shape index (κ1) is 16.4. The molecule has 1 aromatic rings. The number of amidine groups is 1. The van der Waals surface area contributed by atoms with Crippen molar-refractivity contribution in [2.24, 2.45) is 10.1 Å². The molecule has 3 rings (SSSR count). The fourth-order valence-corrected chi connectivity index (χ4v) is 4.07. The smallest absolute Gasteiger partial charge is 0.250 e. The van der Waals surface area contributed by atoms with Gasteiger partial charge in [-0.1, -0.05) is 30.3 Å². The zero-order chi connectivity index (χ0) is 16.4. The van der Waals surface area contributed by atoms with Gasteiger partial charge in [-0.05, 0) is 5.56 Å². The van der Waals surface area contributed by atoms with E-state index in [-0.39, 0.29) is 42.3 Å². The molecule has 1 saturated carbocycles. The van der Waals surface area contributed by atoms with Gasteiger partial charge in [-0.2, -0.15) is 5.10 Å². The van der Waals surface area contributed by atoms with Gasteiger partial charge in [-0.15, -0.1) is 11.8 Å². The molecule has 2 atom stereocenters. The Bertz CT molecular complexity index is 585. The Kier molecular flexibility index (Phi) is 4.66. The lowest BCUT2D eigenvalue weighted by Gasteiger charge is -2.33. The maximum atomic E-state index is 14.3. The number of rotatable bonds is 5. The van der Waals surface area contributed by atoms with Gasteiger partial charge in [0.05, 0.1) is 11.9 Å². The molecule has 0 radical (unpaired) electrons.